The molecule has 0 amide bonds. The van der Waals surface area contributed by atoms with Gasteiger partial charge in [-0.2, -0.15) is 0 Å². The second-order valence-corrected chi connectivity index (χ2v) is 5.28. The van der Waals surface area contributed by atoms with Gasteiger partial charge in [0.25, 0.3) is 0 Å². The number of nitrogens with zero attached hydrogens (tertiary/aromatic N) is 2. The zero-order valence-corrected chi connectivity index (χ0v) is 10.4. The van der Waals surface area contributed by atoms with Crippen LogP contribution in [0.3, 0.4) is 0 Å². The van der Waals surface area contributed by atoms with E-state index < -0.39 is 0 Å². The van der Waals surface area contributed by atoms with Gasteiger partial charge in [-0.15, -0.1) is 11.3 Å². The third-order valence-electron chi connectivity index (χ3n) is 2.36. The van der Waals surface area contributed by atoms with Crippen molar-refractivity contribution in [3.63, 3.8) is 0 Å². The number of halogens is 1. The second-order valence-electron chi connectivity index (χ2n) is 3.48. The van der Waals surface area contributed by atoms with E-state index in [9.17, 15) is 0 Å². The molecule has 1 aliphatic heterocycles. The number of hydrogen-bond donors (Lipinski definition) is 1. The maximum atomic E-state index is 5.90. The molecule has 2 rings (SSSR count). The third kappa shape index (κ3) is 3.10. The van der Waals surface area contributed by atoms with Crippen LogP contribution >= 0.6 is 22.9 Å². The van der Waals surface area contributed by atoms with Crippen LogP contribution in [-0.4, -0.2) is 37.2 Å². The molecule has 0 radical (unpaired) electrons. The van der Waals surface area contributed by atoms with Crippen LogP contribution in [-0.2, 0) is 11.3 Å². The number of aliphatic imine (C=N–C) groups is 1. The van der Waals surface area contributed by atoms with Crippen molar-refractivity contribution in [3.8, 4) is 0 Å². The molecule has 6 heteroatoms. The minimum absolute atomic E-state index is 0.591. The molecule has 16 heavy (non-hydrogen) atoms. The fraction of sp³-hybridized carbons (Fsp3) is 0.500. The number of ether oxygens (including phenoxy) is 1. The third-order valence-corrected chi connectivity index (χ3v) is 3.58. The quantitative estimate of drug-likeness (QED) is 0.648. The summed E-state index contributed by atoms with van der Waals surface area (Å²) in [6.07, 6.45) is 0. The van der Waals surface area contributed by atoms with Crippen molar-refractivity contribution < 1.29 is 4.74 Å². The van der Waals surface area contributed by atoms with Gasteiger partial charge in [-0.05, 0) is 12.1 Å². The second kappa shape index (κ2) is 5.52. The minimum Gasteiger partial charge on any atom is -0.378 e. The van der Waals surface area contributed by atoms with Crippen molar-refractivity contribution in [2.45, 2.75) is 6.54 Å². The van der Waals surface area contributed by atoms with Crippen LogP contribution in [0.2, 0.25) is 4.34 Å². The normalized spacial score (nSPS) is 17.8. The summed E-state index contributed by atoms with van der Waals surface area (Å²) in [5, 5.41) is 0. The van der Waals surface area contributed by atoms with Crippen molar-refractivity contribution in [1.82, 2.24) is 4.90 Å². The van der Waals surface area contributed by atoms with Crippen molar-refractivity contribution in [2.24, 2.45) is 10.7 Å². The van der Waals surface area contributed by atoms with E-state index in [4.69, 9.17) is 22.1 Å². The smallest absolute Gasteiger partial charge is 0.191 e. The Morgan fingerprint density at radius 2 is 2.25 bits per heavy atom. The van der Waals surface area contributed by atoms with E-state index in [1.54, 1.807) is 0 Å². The van der Waals surface area contributed by atoms with Gasteiger partial charge in [-0.3, -0.25) is 0 Å². The SMILES string of the molecule is NC(=NCc1ccc(Cl)s1)N1CCOCC1. The van der Waals surface area contributed by atoms with Gasteiger partial charge in [0, 0.05) is 18.0 Å². The van der Waals surface area contributed by atoms with Crippen LogP contribution in [0.25, 0.3) is 0 Å². The highest BCUT2D eigenvalue weighted by Crippen LogP contribution is 2.21. The Morgan fingerprint density at radius 3 is 2.88 bits per heavy atom. The van der Waals surface area contributed by atoms with Gasteiger partial charge in [-0.25, -0.2) is 4.99 Å². The molecule has 0 unspecified atom stereocenters. The van der Waals surface area contributed by atoms with Gasteiger partial charge >= 0.3 is 0 Å². The Labute approximate surface area is 104 Å². The molecule has 1 aromatic heterocycles. The first kappa shape index (κ1) is 11.7. The maximum absolute atomic E-state index is 5.90. The van der Waals surface area contributed by atoms with Crippen LogP contribution in [0.1, 0.15) is 4.88 Å². The fourth-order valence-electron chi connectivity index (χ4n) is 1.49. The molecule has 1 fully saturated rings. The molecular formula is C10H14ClN3OS. The number of morpholine rings is 1. The molecule has 0 aromatic carbocycles. The topological polar surface area (TPSA) is 50.8 Å². The molecule has 2 N–H and O–H groups in total. The summed E-state index contributed by atoms with van der Waals surface area (Å²) in [4.78, 5) is 7.51. The predicted octanol–water partition coefficient (Wildman–Crippen LogP) is 1.55. The van der Waals surface area contributed by atoms with Gasteiger partial charge in [0.15, 0.2) is 5.96 Å². The van der Waals surface area contributed by atoms with Crippen molar-refractivity contribution in [1.29, 1.82) is 0 Å². The Morgan fingerprint density at radius 1 is 1.50 bits per heavy atom. The van der Waals surface area contributed by atoms with E-state index in [1.807, 2.05) is 17.0 Å². The van der Waals surface area contributed by atoms with Gasteiger partial charge in [0.05, 0.1) is 24.1 Å². The van der Waals surface area contributed by atoms with Gasteiger partial charge in [-0.1, -0.05) is 11.6 Å². The van der Waals surface area contributed by atoms with E-state index in [-0.39, 0.29) is 0 Å². The Kier molecular flexibility index (Phi) is 4.04. The largest absolute Gasteiger partial charge is 0.378 e. The zero-order chi connectivity index (χ0) is 11.4. The lowest BCUT2D eigenvalue weighted by molar-refractivity contribution is 0.0674. The zero-order valence-electron chi connectivity index (χ0n) is 8.86. The van der Waals surface area contributed by atoms with Crippen LogP contribution in [0.15, 0.2) is 17.1 Å². The van der Waals surface area contributed by atoms with Gasteiger partial charge in [0.1, 0.15) is 0 Å². The van der Waals surface area contributed by atoms with E-state index in [2.05, 4.69) is 4.99 Å². The number of rotatable bonds is 2. The molecule has 0 atom stereocenters. The first-order chi connectivity index (χ1) is 7.75. The molecule has 1 aliphatic rings. The number of thiophene rings is 1. The lowest BCUT2D eigenvalue weighted by atomic mass is 10.4. The number of nitrogens with two attached hydrogens (primary N) is 1. The van der Waals surface area contributed by atoms with E-state index in [0.29, 0.717) is 12.5 Å². The molecule has 2 heterocycles. The molecule has 1 aromatic rings. The van der Waals surface area contributed by atoms with Gasteiger partial charge < -0.3 is 15.4 Å². The monoisotopic (exact) mass is 259 g/mol. The van der Waals surface area contributed by atoms with Crippen molar-refractivity contribution >= 4 is 28.9 Å². The molecule has 0 spiro atoms. The number of guanidine groups is 1. The Bertz CT molecular complexity index is 374. The van der Waals surface area contributed by atoms with Crippen LogP contribution in [0, 0.1) is 0 Å². The summed E-state index contributed by atoms with van der Waals surface area (Å²) < 4.78 is 6.04. The first-order valence-electron chi connectivity index (χ1n) is 5.12. The minimum atomic E-state index is 0.591. The van der Waals surface area contributed by atoms with E-state index in [1.165, 1.54) is 11.3 Å². The molecule has 0 saturated carbocycles. The highest BCUT2D eigenvalue weighted by Gasteiger charge is 2.11. The van der Waals surface area contributed by atoms with Crippen molar-refractivity contribution in [3.05, 3.63) is 21.3 Å². The molecule has 0 bridgehead atoms. The van der Waals surface area contributed by atoms with Crippen molar-refractivity contribution in [2.75, 3.05) is 26.3 Å². The van der Waals surface area contributed by atoms with E-state index in [0.717, 1.165) is 35.5 Å². The van der Waals surface area contributed by atoms with Crippen LogP contribution in [0.4, 0.5) is 0 Å². The molecule has 88 valence electrons. The summed E-state index contributed by atoms with van der Waals surface area (Å²) in [5.41, 5.74) is 5.90. The van der Waals surface area contributed by atoms with Crippen LogP contribution < -0.4 is 5.73 Å². The average molecular weight is 260 g/mol. The van der Waals surface area contributed by atoms with Crippen LogP contribution in [0.5, 0.6) is 0 Å². The molecule has 4 nitrogen and oxygen atoms in total. The summed E-state index contributed by atoms with van der Waals surface area (Å²) in [6, 6.07) is 3.85. The average Bonchev–Trinajstić information content (AvgIpc) is 2.73. The predicted molar refractivity (Wildman–Crippen MR) is 67.0 cm³/mol. The molecule has 1 saturated heterocycles. The summed E-state index contributed by atoms with van der Waals surface area (Å²) in [5.74, 6) is 0.591. The lowest BCUT2D eigenvalue weighted by Gasteiger charge is -2.27. The van der Waals surface area contributed by atoms with E-state index >= 15 is 0 Å². The fourth-order valence-corrected chi connectivity index (χ4v) is 2.50. The maximum Gasteiger partial charge on any atom is 0.191 e. The summed E-state index contributed by atoms with van der Waals surface area (Å²) >= 11 is 7.37. The standard InChI is InChI=1S/C10H14ClN3OS/c11-9-2-1-8(16-9)7-13-10(12)14-3-5-15-6-4-14/h1-2H,3-7H2,(H2,12,13). The summed E-state index contributed by atoms with van der Waals surface area (Å²) in [7, 11) is 0. The van der Waals surface area contributed by atoms with Gasteiger partial charge in [0.2, 0.25) is 0 Å². The Balaban J connectivity index is 1.90. The Hall–Kier alpha value is -0.780. The lowest BCUT2D eigenvalue weighted by Crippen LogP contribution is -2.44. The molecular weight excluding hydrogens is 246 g/mol. The number of hydrogen-bond acceptors (Lipinski definition) is 3. The summed E-state index contributed by atoms with van der Waals surface area (Å²) in [6.45, 7) is 3.68. The first-order valence-corrected chi connectivity index (χ1v) is 6.32. The highest BCUT2D eigenvalue weighted by atomic mass is 35.5. The molecule has 0 aliphatic carbocycles. The highest BCUT2D eigenvalue weighted by molar-refractivity contribution is 7.16.